The summed E-state index contributed by atoms with van der Waals surface area (Å²) in [4.78, 5) is 13.0. The number of hydrogen-bond acceptors (Lipinski definition) is 4. The molecule has 3 heterocycles. The third kappa shape index (κ3) is 2.70. The highest BCUT2D eigenvalue weighted by molar-refractivity contribution is 6.32. The van der Waals surface area contributed by atoms with E-state index in [1.54, 1.807) is 53.2 Å². The Hall–Kier alpha value is -3.58. The average molecular weight is 406 g/mol. The molecule has 142 valence electrons. The van der Waals surface area contributed by atoms with Crippen molar-refractivity contribution < 1.29 is 4.39 Å². The van der Waals surface area contributed by atoms with Crippen LogP contribution in [0.4, 0.5) is 4.39 Å². The van der Waals surface area contributed by atoms with Gasteiger partial charge in [0, 0.05) is 6.20 Å². The number of aromatic nitrogens is 5. The summed E-state index contributed by atoms with van der Waals surface area (Å²) >= 11 is 6.24. The van der Waals surface area contributed by atoms with Crippen molar-refractivity contribution in [2.24, 2.45) is 0 Å². The Morgan fingerprint density at radius 2 is 1.76 bits per heavy atom. The molecule has 6 nitrogen and oxygen atoms in total. The van der Waals surface area contributed by atoms with Crippen LogP contribution < -0.4 is 5.56 Å². The summed E-state index contributed by atoms with van der Waals surface area (Å²) in [5, 5.41) is 13.4. The fourth-order valence-corrected chi connectivity index (χ4v) is 3.67. The quantitative estimate of drug-likeness (QED) is 0.441. The van der Waals surface area contributed by atoms with Crippen molar-refractivity contribution in [1.29, 1.82) is 0 Å². The monoisotopic (exact) mass is 405 g/mol. The molecule has 0 fully saturated rings. The van der Waals surface area contributed by atoms with Gasteiger partial charge in [-0.25, -0.2) is 8.91 Å². The van der Waals surface area contributed by atoms with Crippen LogP contribution in [0.25, 0.3) is 33.5 Å². The highest BCUT2D eigenvalue weighted by Crippen LogP contribution is 2.28. The van der Waals surface area contributed by atoms with Crippen LogP contribution in [-0.4, -0.2) is 24.4 Å². The minimum absolute atomic E-state index is 0.174. The number of benzene rings is 2. The van der Waals surface area contributed by atoms with Gasteiger partial charge in [0.2, 0.25) is 0 Å². The van der Waals surface area contributed by atoms with Crippen LogP contribution in [0.5, 0.6) is 0 Å². The van der Waals surface area contributed by atoms with E-state index in [9.17, 15) is 9.18 Å². The highest BCUT2D eigenvalue weighted by atomic mass is 35.5. The van der Waals surface area contributed by atoms with Crippen molar-refractivity contribution in [3.05, 3.63) is 87.7 Å². The van der Waals surface area contributed by atoms with Gasteiger partial charge in [-0.15, -0.1) is 10.2 Å². The molecule has 0 N–H and O–H groups in total. The SMILES string of the molecule is Cc1nn2c(nnc3c(=O)n(-c4ccccc4Cl)ccc32)c1-c1ccc(F)cc1. The van der Waals surface area contributed by atoms with E-state index < -0.39 is 0 Å². The van der Waals surface area contributed by atoms with E-state index >= 15 is 0 Å². The van der Waals surface area contributed by atoms with Crippen LogP contribution in [0, 0.1) is 12.7 Å². The molecule has 29 heavy (non-hydrogen) atoms. The highest BCUT2D eigenvalue weighted by Gasteiger charge is 2.18. The first-order chi connectivity index (χ1) is 14.0. The number of halogens is 2. The Kier molecular flexibility index (Phi) is 3.92. The van der Waals surface area contributed by atoms with E-state index in [0.717, 1.165) is 11.1 Å². The average Bonchev–Trinajstić information content (AvgIpc) is 3.06. The summed E-state index contributed by atoms with van der Waals surface area (Å²) < 4.78 is 16.3. The van der Waals surface area contributed by atoms with Crippen LogP contribution in [0.2, 0.25) is 5.02 Å². The molecule has 0 aliphatic carbocycles. The van der Waals surface area contributed by atoms with Gasteiger partial charge in [0.25, 0.3) is 5.56 Å². The Morgan fingerprint density at radius 1 is 1.00 bits per heavy atom. The molecule has 0 saturated heterocycles. The van der Waals surface area contributed by atoms with Crippen molar-refractivity contribution >= 4 is 28.3 Å². The van der Waals surface area contributed by atoms with E-state index in [4.69, 9.17) is 11.6 Å². The molecule has 0 radical (unpaired) electrons. The molecule has 5 rings (SSSR count). The first-order valence-electron chi connectivity index (χ1n) is 8.83. The van der Waals surface area contributed by atoms with E-state index in [-0.39, 0.29) is 16.9 Å². The molecule has 0 aliphatic heterocycles. The van der Waals surface area contributed by atoms with Gasteiger partial charge in [-0.05, 0) is 42.8 Å². The number of pyridine rings is 1. The van der Waals surface area contributed by atoms with Gasteiger partial charge >= 0.3 is 0 Å². The Balaban J connectivity index is 1.78. The number of para-hydroxylation sites is 1. The molecule has 5 aromatic rings. The molecule has 8 heteroatoms. The van der Waals surface area contributed by atoms with Gasteiger partial charge in [0.1, 0.15) is 11.3 Å². The van der Waals surface area contributed by atoms with Gasteiger partial charge in [-0.2, -0.15) is 5.10 Å². The van der Waals surface area contributed by atoms with Crippen LogP contribution in [0.1, 0.15) is 5.69 Å². The number of rotatable bonds is 2. The third-order valence-electron chi connectivity index (χ3n) is 4.80. The maximum absolute atomic E-state index is 13.3. The van der Waals surface area contributed by atoms with Gasteiger partial charge in [0.05, 0.1) is 22.0 Å². The molecule has 3 aromatic heterocycles. The number of nitrogens with zero attached hydrogens (tertiary/aromatic N) is 5. The maximum atomic E-state index is 13.3. The first-order valence-corrected chi connectivity index (χ1v) is 9.20. The topological polar surface area (TPSA) is 65.1 Å². The van der Waals surface area contributed by atoms with Crippen LogP contribution in [0.15, 0.2) is 65.6 Å². The molecule has 0 amide bonds. The lowest BCUT2D eigenvalue weighted by Crippen LogP contribution is -2.20. The molecule has 0 aliphatic rings. The van der Waals surface area contributed by atoms with Crippen molar-refractivity contribution in [2.75, 3.05) is 0 Å². The number of fused-ring (bicyclic) bond motifs is 3. The molecule has 0 atom stereocenters. The second kappa shape index (κ2) is 6.49. The van der Waals surface area contributed by atoms with Crippen molar-refractivity contribution in [3.63, 3.8) is 0 Å². The van der Waals surface area contributed by atoms with Crippen molar-refractivity contribution in [2.45, 2.75) is 6.92 Å². The molecule has 0 saturated carbocycles. The van der Waals surface area contributed by atoms with Gasteiger partial charge in [-0.1, -0.05) is 35.9 Å². The van der Waals surface area contributed by atoms with E-state index in [1.165, 1.54) is 16.7 Å². The van der Waals surface area contributed by atoms with Gasteiger partial charge in [0.15, 0.2) is 11.2 Å². The fraction of sp³-hybridized carbons (Fsp3) is 0.0476. The molecule has 0 spiro atoms. The molecule has 0 bridgehead atoms. The Bertz CT molecular complexity index is 1460. The minimum Gasteiger partial charge on any atom is -0.281 e. The smallest absolute Gasteiger partial charge is 0.281 e. The number of hydrogen-bond donors (Lipinski definition) is 0. The van der Waals surface area contributed by atoms with Crippen LogP contribution in [0.3, 0.4) is 0 Å². The predicted octanol–water partition coefficient (Wildman–Crippen LogP) is 4.20. The summed E-state index contributed by atoms with van der Waals surface area (Å²) in [6.07, 6.45) is 1.64. The Morgan fingerprint density at radius 3 is 2.52 bits per heavy atom. The zero-order valence-electron chi connectivity index (χ0n) is 15.2. The lowest BCUT2D eigenvalue weighted by molar-refractivity contribution is 0.628. The lowest BCUT2D eigenvalue weighted by atomic mass is 10.1. The largest absolute Gasteiger partial charge is 0.285 e. The molecular formula is C21H13ClFN5O. The van der Waals surface area contributed by atoms with Gasteiger partial charge in [-0.3, -0.25) is 9.36 Å². The van der Waals surface area contributed by atoms with Crippen LogP contribution in [-0.2, 0) is 0 Å². The van der Waals surface area contributed by atoms with Crippen LogP contribution >= 0.6 is 11.6 Å². The summed E-state index contributed by atoms with van der Waals surface area (Å²) in [6, 6.07) is 14.9. The normalized spacial score (nSPS) is 11.4. The zero-order valence-corrected chi connectivity index (χ0v) is 15.9. The molecule has 0 unspecified atom stereocenters. The summed E-state index contributed by atoms with van der Waals surface area (Å²) in [7, 11) is 0. The summed E-state index contributed by atoms with van der Waals surface area (Å²) in [5.41, 5.74) is 3.64. The maximum Gasteiger partial charge on any atom is 0.285 e. The third-order valence-corrected chi connectivity index (χ3v) is 5.12. The van der Waals surface area contributed by atoms with E-state index in [2.05, 4.69) is 15.3 Å². The molecule has 2 aromatic carbocycles. The van der Waals surface area contributed by atoms with E-state index in [1.807, 2.05) is 6.92 Å². The predicted molar refractivity (Wildman–Crippen MR) is 109 cm³/mol. The standard InChI is InChI=1S/C21H13ClFN5O/c1-12-18(13-6-8-14(23)9-7-13)20-25-24-19-17(28(20)26-12)10-11-27(21(19)29)16-5-3-2-4-15(16)22/h2-11H,1H3. The lowest BCUT2D eigenvalue weighted by Gasteiger charge is -2.09. The number of aryl methyl sites for hydroxylation is 1. The van der Waals surface area contributed by atoms with Crippen molar-refractivity contribution in [1.82, 2.24) is 24.4 Å². The summed E-state index contributed by atoms with van der Waals surface area (Å²) in [6.45, 7) is 1.84. The first kappa shape index (κ1) is 17.5. The zero-order chi connectivity index (χ0) is 20.1. The van der Waals surface area contributed by atoms with Crippen molar-refractivity contribution in [3.8, 4) is 16.8 Å². The second-order valence-corrected chi connectivity index (χ2v) is 6.99. The fourth-order valence-electron chi connectivity index (χ4n) is 3.44. The van der Waals surface area contributed by atoms with E-state index in [0.29, 0.717) is 27.6 Å². The molecular weight excluding hydrogens is 393 g/mol. The Labute approximate surface area is 168 Å². The summed E-state index contributed by atoms with van der Waals surface area (Å²) in [5.74, 6) is -0.320. The second-order valence-electron chi connectivity index (χ2n) is 6.58. The minimum atomic E-state index is -0.346. The van der Waals surface area contributed by atoms with Gasteiger partial charge < -0.3 is 0 Å².